The number of carbonyl (C=O) groups excluding carboxylic acids is 1. The van der Waals surface area contributed by atoms with E-state index in [1.165, 1.54) is 54.6 Å². The number of rotatable bonds is 7. The van der Waals surface area contributed by atoms with E-state index < -0.39 is 0 Å². The van der Waals surface area contributed by atoms with Crippen LogP contribution in [0, 0.1) is 6.92 Å². The number of anilines is 1. The summed E-state index contributed by atoms with van der Waals surface area (Å²) in [7, 11) is 2.15. The van der Waals surface area contributed by atoms with Gasteiger partial charge in [-0.2, -0.15) is 0 Å². The third-order valence-electron chi connectivity index (χ3n) is 7.52. The van der Waals surface area contributed by atoms with E-state index in [1.54, 1.807) is 6.33 Å². The SMILES string of the molecule is Cc1c(C(=O)NCCCN2CCc3ccccc3C2)sc2ncnc(N(C)C3CCCCC3)c12. The topological polar surface area (TPSA) is 61.4 Å². The molecule has 180 valence electrons. The van der Waals surface area contributed by atoms with Gasteiger partial charge in [0.25, 0.3) is 5.91 Å². The van der Waals surface area contributed by atoms with E-state index in [1.807, 2.05) is 6.92 Å². The van der Waals surface area contributed by atoms with Crippen molar-refractivity contribution in [1.82, 2.24) is 20.2 Å². The number of aryl methyl sites for hydroxylation is 1. The molecular weight excluding hydrogens is 442 g/mol. The maximum atomic E-state index is 13.1. The largest absolute Gasteiger partial charge is 0.356 e. The van der Waals surface area contributed by atoms with Gasteiger partial charge >= 0.3 is 0 Å². The van der Waals surface area contributed by atoms with Crippen molar-refractivity contribution in [3.8, 4) is 0 Å². The Bertz CT molecular complexity index is 1150. The van der Waals surface area contributed by atoms with E-state index in [4.69, 9.17) is 0 Å². The van der Waals surface area contributed by atoms with Gasteiger partial charge in [-0.1, -0.05) is 43.5 Å². The second-order valence-corrected chi connectivity index (χ2v) is 10.7. The van der Waals surface area contributed by atoms with Crippen LogP contribution in [0.5, 0.6) is 0 Å². The quantitative estimate of drug-likeness (QED) is 0.488. The molecule has 1 fully saturated rings. The highest BCUT2D eigenvalue weighted by molar-refractivity contribution is 7.20. The molecule has 0 radical (unpaired) electrons. The molecule has 1 N–H and O–H groups in total. The average molecular weight is 478 g/mol. The number of thiophene rings is 1. The third-order valence-corrected chi connectivity index (χ3v) is 8.71. The highest BCUT2D eigenvalue weighted by Gasteiger charge is 2.25. The van der Waals surface area contributed by atoms with Crippen molar-refractivity contribution >= 4 is 33.3 Å². The van der Waals surface area contributed by atoms with Crippen LogP contribution in [-0.2, 0) is 13.0 Å². The summed E-state index contributed by atoms with van der Waals surface area (Å²) in [4.78, 5) is 28.7. The van der Waals surface area contributed by atoms with Gasteiger partial charge in [-0.25, -0.2) is 9.97 Å². The maximum Gasteiger partial charge on any atom is 0.261 e. The first-order chi connectivity index (χ1) is 16.6. The van der Waals surface area contributed by atoms with Crippen LogP contribution in [0.2, 0.25) is 0 Å². The third kappa shape index (κ3) is 4.82. The summed E-state index contributed by atoms with van der Waals surface area (Å²) in [5.41, 5.74) is 3.92. The van der Waals surface area contributed by atoms with E-state index in [2.05, 4.69) is 56.4 Å². The zero-order valence-electron chi connectivity index (χ0n) is 20.3. The van der Waals surface area contributed by atoms with Crippen LogP contribution >= 0.6 is 11.3 Å². The molecule has 7 heteroatoms. The van der Waals surface area contributed by atoms with Crippen LogP contribution in [0.15, 0.2) is 30.6 Å². The minimum atomic E-state index is 0.00996. The summed E-state index contributed by atoms with van der Waals surface area (Å²) in [5, 5.41) is 4.19. The highest BCUT2D eigenvalue weighted by Crippen LogP contribution is 2.36. The van der Waals surface area contributed by atoms with E-state index in [0.717, 1.165) is 59.0 Å². The molecule has 3 heterocycles. The van der Waals surface area contributed by atoms with Gasteiger partial charge in [0, 0.05) is 39.3 Å². The first-order valence-electron chi connectivity index (χ1n) is 12.7. The maximum absolute atomic E-state index is 13.1. The molecule has 1 saturated carbocycles. The molecule has 34 heavy (non-hydrogen) atoms. The molecule has 0 saturated heterocycles. The van der Waals surface area contributed by atoms with E-state index in [9.17, 15) is 4.79 Å². The van der Waals surface area contributed by atoms with Gasteiger partial charge < -0.3 is 10.2 Å². The minimum absolute atomic E-state index is 0.00996. The number of hydrogen-bond acceptors (Lipinski definition) is 6. The van der Waals surface area contributed by atoms with Gasteiger partial charge in [0.1, 0.15) is 17.0 Å². The lowest BCUT2D eigenvalue weighted by Crippen LogP contribution is -2.34. The second-order valence-electron chi connectivity index (χ2n) is 9.74. The monoisotopic (exact) mass is 477 g/mol. The molecule has 5 rings (SSSR count). The van der Waals surface area contributed by atoms with Crippen LogP contribution < -0.4 is 10.2 Å². The molecule has 1 amide bonds. The molecule has 3 aromatic rings. The molecule has 2 aromatic heterocycles. The lowest BCUT2D eigenvalue weighted by atomic mass is 9.94. The number of nitrogens with zero attached hydrogens (tertiary/aromatic N) is 4. The van der Waals surface area contributed by atoms with Crippen LogP contribution in [0.1, 0.15) is 64.9 Å². The van der Waals surface area contributed by atoms with Crippen LogP contribution in [0.3, 0.4) is 0 Å². The predicted octanol–water partition coefficient (Wildman–Crippen LogP) is 4.95. The summed E-state index contributed by atoms with van der Waals surface area (Å²) in [6, 6.07) is 9.24. The van der Waals surface area contributed by atoms with Crippen molar-refractivity contribution in [3.63, 3.8) is 0 Å². The number of aromatic nitrogens is 2. The smallest absolute Gasteiger partial charge is 0.261 e. The zero-order chi connectivity index (χ0) is 23.5. The molecule has 1 aromatic carbocycles. The number of carbonyl (C=O) groups is 1. The molecule has 0 unspecified atom stereocenters. The van der Waals surface area contributed by atoms with Gasteiger partial charge in [0.2, 0.25) is 0 Å². The molecule has 6 nitrogen and oxygen atoms in total. The highest BCUT2D eigenvalue weighted by atomic mass is 32.1. The number of nitrogens with one attached hydrogen (secondary N) is 1. The van der Waals surface area contributed by atoms with Crippen molar-refractivity contribution in [2.75, 3.05) is 31.6 Å². The Morgan fingerprint density at radius 2 is 1.97 bits per heavy atom. The lowest BCUT2D eigenvalue weighted by Gasteiger charge is -2.32. The van der Waals surface area contributed by atoms with E-state index in [-0.39, 0.29) is 5.91 Å². The molecule has 2 aliphatic rings. The van der Waals surface area contributed by atoms with Crippen LogP contribution in [0.4, 0.5) is 5.82 Å². The number of benzene rings is 1. The van der Waals surface area contributed by atoms with Crippen molar-refractivity contribution in [2.45, 2.75) is 64.5 Å². The molecule has 1 aliphatic carbocycles. The summed E-state index contributed by atoms with van der Waals surface area (Å²) in [6.45, 7) is 5.83. The summed E-state index contributed by atoms with van der Waals surface area (Å²) in [5.74, 6) is 0.978. The summed E-state index contributed by atoms with van der Waals surface area (Å²) < 4.78 is 0. The van der Waals surface area contributed by atoms with Crippen molar-refractivity contribution in [3.05, 3.63) is 52.2 Å². The number of fused-ring (bicyclic) bond motifs is 2. The van der Waals surface area contributed by atoms with Crippen molar-refractivity contribution < 1.29 is 4.79 Å². The fourth-order valence-electron chi connectivity index (χ4n) is 5.51. The lowest BCUT2D eigenvalue weighted by molar-refractivity contribution is 0.0955. The summed E-state index contributed by atoms with van der Waals surface area (Å²) in [6.07, 6.45) is 10.0. The molecule has 0 spiro atoms. The normalized spacial score (nSPS) is 17.0. The van der Waals surface area contributed by atoms with Crippen LogP contribution in [0.25, 0.3) is 10.2 Å². The zero-order valence-corrected chi connectivity index (χ0v) is 21.2. The molecule has 1 aliphatic heterocycles. The Morgan fingerprint density at radius 1 is 1.18 bits per heavy atom. The van der Waals surface area contributed by atoms with Crippen LogP contribution in [-0.4, -0.2) is 53.5 Å². The van der Waals surface area contributed by atoms with Gasteiger partial charge in [-0.15, -0.1) is 11.3 Å². The predicted molar refractivity (Wildman–Crippen MR) is 140 cm³/mol. The number of amides is 1. The van der Waals surface area contributed by atoms with E-state index >= 15 is 0 Å². The number of hydrogen-bond donors (Lipinski definition) is 1. The fraction of sp³-hybridized carbons (Fsp3) is 0.519. The Hall–Kier alpha value is -2.51. The Labute approximate surface area is 206 Å². The fourth-order valence-corrected chi connectivity index (χ4v) is 6.57. The first-order valence-corrected chi connectivity index (χ1v) is 13.5. The first kappa shape index (κ1) is 23.2. The molecule has 0 bridgehead atoms. The van der Waals surface area contributed by atoms with Gasteiger partial charge in [-0.3, -0.25) is 9.69 Å². The molecular formula is C27H35N5OS. The van der Waals surface area contributed by atoms with Crippen molar-refractivity contribution in [1.29, 1.82) is 0 Å². The molecule has 0 atom stereocenters. The average Bonchev–Trinajstić information content (AvgIpc) is 3.23. The Morgan fingerprint density at radius 3 is 2.79 bits per heavy atom. The second kappa shape index (κ2) is 10.4. The van der Waals surface area contributed by atoms with Gasteiger partial charge in [0.15, 0.2) is 0 Å². The van der Waals surface area contributed by atoms with E-state index in [0.29, 0.717) is 12.6 Å². The van der Waals surface area contributed by atoms with Crippen molar-refractivity contribution in [2.24, 2.45) is 0 Å². The van der Waals surface area contributed by atoms with Gasteiger partial charge in [0.05, 0.1) is 10.3 Å². The standard InChI is InChI=1S/C27H35N5OS/c1-19-23-25(31(2)22-11-4-3-5-12-22)29-18-30-27(23)34-24(19)26(33)28-14-8-15-32-16-13-20-9-6-7-10-21(20)17-32/h6-7,9-10,18,22H,3-5,8,11-17H2,1-2H3,(H,28,33). The van der Waals surface area contributed by atoms with Gasteiger partial charge in [-0.05, 0) is 49.3 Å². The minimum Gasteiger partial charge on any atom is -0.356 e. The summed E-state index contributed by atoms with van der Waals surface area (Å²) >= 11 is 1.49. The Balaban J connectivity index is 1.20. The Kier molecular flexibility index (Phi) is 7.11.